The molecule has 0 saturated carbocycles. The first kappa shape index (κ1) is 16.4. The van der Waals surface area contributed by atoms with Gasteiger partial charge in [0, 0.05) is 23.6 Å². The van der Waals surface area contributed by atoms with Crippen molar-refractivity contribution < 1.29 is 13.2 Å². The summed E-state index contributed by atoms with van der Waals surface area (Å²) in [6.45, 7) is 7.81. The molecule has 1 heterocycles. The molecule has 0 aromatic carbocycles. The number of rotatable bonds is 7. The van der Waals surface area contributed by atoms with Crippen molar-refractivity contribution in [3.8, 4) is 0 Å². The van der Waals surface area contributed by atoms with Crippen molar-refractivity contribution in [2.75, 3.05) is 12.3 Å². The zero-order valence-electron chi connectivity index (χ0n) is 11.5. The summed E-state index contributed by atoms with van der Waals surface area (Å²) in [6, 6.07) is 0. The van der Waals surface area contributed by atoms with Gasteiger partial charge < -0.3 is 5.32 Å². The fourth-order valence-electron chi connectivity index (χ4n) is 1.85. The number of hydrogen-bond donors (Lipinski definition) is 1. The lowest BCUT2D eigenvalue weighted by Gasteiger charge is -2.08. The van der Waals surface area contributed by atoms with Gasteiger partial charge in [0.2, 0.25) is 0 Å². The van der Waals surface area contributed by atoms with Gasteiger partial charge in [-0.25, -0.2) is 0 Å². The van der Waals surface area contributed by atoms with E-state index >= 15 is 0 Å². The Morgan fingerprint density at radius 3 is 2.58 bits per heavy atom. The van der Waals surface area contributed by atoms with Crippen molar-refractivity contribution in [1.82, 2.24) is 15.1 Å². The van der Waals surface area contributed by atoms with Crippen LogP contribution in [0.4, 0.5) is 13.2 Å². The molecule has 0 bridgehead atoms. The summed E-state index contributed by atoms with van der Waals surface area (Å²) < 4.78 is 37.9. The minimum atomic E-state index is -4.17. The minimum Gasteiger partial charge on any atom is -0.313 e. The van der Waals surface area contributed by atoms with Crippen LogP contribution in [-0.4, -0.2) is 27.6 Å². The maximum absolute atomic E-state index is 12.1. The van der Waals surface area contributed by atoms with Crippen LogP contribution < -0.4 is 5.32 Å². The first-order valence-corrected chi connectivity index (χ1v) is 7.28. The topological polar surface area (TPSA) is 29.9 Å². The second-order valence-corrected chi connectivity index (χ2v) is 5.50. The summed E-state index contributed by atoms with van der Waals surface area (Å²) in [7, 11) is 0. The van der Waals surface area contributed by atoms with Gasteiger partial charge in [0.25, 0.3) is 0 Å². The monoisotopic (exact) mass is 295 g/mol. The fraction of sp³-hybridized carbons (Fsp3) is 0.750. The van der Waals surface area contributed by atoms with Gasteiger partial charge in [-0.3, -0.25) is 4.68 Å². The average molecular weight is 295 g/mol. The van der Waals surface area contributed by atoms with E-state index in [0.717, 1.165) is 36.5 Å². The van der Waals surface area contributed by atoms with Gasteiger partial charge in [-0.2, -0.15) is 18.3 Å². The molecule has 1 rings (SSSR count). The predicted molar refractivity (Wildman–Crippen MR) is 72.2 cm³/mol. The third kappa shape index (κ3) is 5.44. The van der Waals surface area contributed by atoms with E-state index in [0.29, 0.717) is 0 Å². The van der Waals surface area contributed by atoms with E-state index in [9.17, 15) is 13.2 Å². The molecule has 1 aromatic rings. The van der Waals surface area contributed by atoms with Gasteiger partial charge in [-0.05, 0) is 38.6 Å². The zero-order chi connectivity index (χ0) is 14.5. The Bertz CT molecular complexity index is 402. The lowest BCUT2D eigenvalue weighted by Crippen LogP contribution is -2.15. The highest BCUT2D eigenvalue weighted by atomic mass is 32.2. The SMILES string of the molecule is CCCNCc1c(C)nn(CCSC(F)(F)F)c1C. The maximum Gasteiger partial charge on any atom is 0.441 e. The minimum absolute atomic E-state index is 0.00275. The molecule has 0 saturated heterocycles. The third-order valence-electron chi connectivity index (χ3n) is 2.83. The summed E-state index contributed by atoms with van der Waals surface area (Å²) >= 11 is -0.00275. The Morgan fingerprint density at radius 2 is 2.00 bits per heavy atom. The van der Waals surface area contributed by atoms with E-state index in [1.54, 1.807) is 4.68 Å². The molecule has 0 aliphatic carbocycles. The van der Waals surface area contributed by atoms with Crippen molar-refractivity contribution in [2.45, 2.75) is 45.8 Å². The third-order valence-corrected chi connectivity index (χ3v) is 3.54. The van der Waals surface area contributed by atoms with Gasteiger partial charge in [0.1, 0.15) is 0 Å². The highest BCUT2D eigenvalue weighted by molar-refractivity contribution is 8.00. The van der Waals surface area contributed by atoms with E-state index in [1.165, 1.54) is 0 Å². The molecule has 1 aromatic heterocycles. The molecule has 0 aliphatic heterocycles. The largest absolute Gasteiger partial charge is 0.441 e. The van der Waals surface area contributed by atoms with E-state index in [1.807, 2.05) is 13.8 Å². The van der Waals surface area contributed by atoms with Crippen molar-refractivity contribution in [3.05, 3.63) is 17.0 Å². The Labute approximate surface area is 115 Å². The number of alkyl halides is 3. The van der Waals surface area contributed by atoms with Gasteiger partial charge in [0.05, 0.1) is 12.2 Å². The van der Waals surface area contributed by atoms with Crippen molar-refractivity contribution in [3.63, 3.8) is 0 Å². The van der Waals surface area contributed by atoms with Crippen LogP contribution in [0.15, 0.2) is 0 Å². The average Bonchev–Trinajstić information content (AvgIpc) is 2.55. The molecule has 0 atom stereocenters. The predicted octanol–water partition coefficient (Wildman–Crippen LogP) is 3.25. The maximum atomic E-state index is 12.1. The van der Waals surface area contributed by atoms with Gasteiger partial charge in [0.15, 0.2) is 0 Å². The van der Waals surface area contributed by atoms with E-state index in [2.05, 4.69) is 17.3 Å². The van der Waals surface area contributed by atoms with Crippen molar-refractivity contribution in [2.24, 2.45) is 0 Å². The van der Waals surface area contributed by atoms with E-state index in [-0.39, 0.29) is 24.1 Å². The molecule has 7 heteroatoms. The van der Waals surface area contributed by atoms with Crippen LogP contribution in [0.5, 0.6) is 0 Å². The molecule has 19 heavy (non-hydrogen) atoms. The van der Waals surface area contributed by atoms with Crippen molar-refractivity contribution in [1.29, 1.82) is 0 Å². The first-order chi connectivity index (χ1) is 8.85. The van der Waals surface area contributed by atoms with Crippen LogP contribution >= 0.6 is 11.8 Å². The lowest BCUT2D eigenvalue weighted by molar-refractivity contribution is -0.0328. The molecule has 0 spiro atoms. The number of aryl methyl sites for hydroxylation is 2. The standard InChI is InChI=1S/C12H20F3N3S/c1-4-5-16-8-11-9(2)17-18(10(11)3)6-7-19-12(13,14)15/h16H,4-8H2,1-3H3. The number of aromatic nitrogens is 2. The first-order valence-electron chi connectivity index (χ1n) is 6.29. The van der Waals surface area contributed by atoms with E-state index in [4.69, 9.17) is 0 Å². The Hall–Kier alpha value is -0.690. The molecular weight excluding hydrogens is 275 g/mol. The molecule has 110 valence electrons. The second-order valence-electron chi connectivity index (χ2n) is 4.34. The Balaban J connectivity index is 2.58. The summed E-state index contributed by atoms with van der Waals surface area (Å²) in [5.74, 6) is -0.00666. The van der Waals surface area contributed by atoms with Gasteiger partial charge in [-0.15, -0.1) is 0 Å². The smallest absolute Gasteiger partial charge is 0.313 e. The quantitative estimate of drug-likeness (QED) is 0.783. The fourth-order valence-corrected chi connectivity index (χ4v) is 2.34. The molecule has 0 unspecified atom stereocenters. The number of thioether (sulfide) groups is 1. The molecule has 0 radical (unpaired) electrons. The lowest BCUT2D eigenvalue weighted by atomic mass is 10.2. The Morgan fingerprint density at radius 1 is 1.32 bits per heavy atom. The molecule has 0 fully saturated rings. The number of hydrogen-bond acceptors (Lipinski definition) is 3. The second kappa shape index (κ2) is 7.19. The summed E-state index contributed by atoms with van der Waals surface area (Å²) in [5.41, 5.74) is -1.24. The van der Waals surface area contributed by atoms with Gasteiger partial charge in [-0.1, -0.05) is 6.92 Å². The summed E-state index contributed by atoms with van der Waals surface area (Å²) in [6.07, 6.45) is 1.05. The molecule has 1 N–H and O–H groups in total. The van der Waals surface area contributed by atoms with Crippen LogP contribution in [0, 0.1) is 13.8 Å². The number of halogens is 3. The van der Waals surface area contributed by atoms with E-state index < -0.39 is 5.51 Å². The number of nitrogens with zero attached hydrogens (tertiary/aromatic N) is 2. The van der Waals surface area contributed by atoms with Crippen LogP contribution in [0.2, 0.25) is 0 Å². The van der Waals surface area contributed by atoms with Crippen LogP contribution in [0.25, 0.3) is 0 Å². The van der Waals surface area contributed by atoms with Gasteiger partial charge >= 0.3 is 5.51 Å². The molecule has 0 aliphatic rings. The van der Waals surface area contributed by atoms with Crippen LogP contribution in [0.3, 0.4) is 0 Å². The van der Waals surface area contributed by atoms with Crippen LogP contribution in [0.1, 0.15) is 30.3 Å². The molecule has 3 nitrogen and oxygen atoms in total. The highest BCUT2D eigenvalue weighted by Gasteiger charge is 2.27. The molecule has 0 amide bonds. The van der Waals surface area contributed by atoms with Crippen LogP contribution in [-0.2, 0) is 13.1 Å². The highest BCUT2D eigenvalue weighted by Crippen LogP contribution is 2.30. The summed E-state index contributed by atoms with van der Waals surface area (Å²) in [5, 5.41) is 7.59. The number of nitrogens with one attached hydrogen (secondary N) is 1. The summed E-state index contributed by atoms with van der Waals surface area (Å²) in [4.78, 5) is 0. The molecular formula is C12H20F3N3S. The van der Waals surface area contributed by atoms with Crippen molar-refractivity contribution >= 4 is 11.8 Å². The normalized spacial score (nSPS) is 12.1. The Kier molecular flexibility index (Phi) is 6.19. The zero-order valence-corrected chi connectivity index (χ0v) is 12.3.